The lowest BCUT2D eigenvalue weighted by Gasteiger charge is -2.31. The maximum Gasteiger partial charge on any atom is 0.257 e. The predicted molar refractivity (Wildman–Crippen MR) is 70.1 cm³/mol. The van der Waals surface area contributed by atoms with Gasteiger partial charge in [-0.1, -0.05) is 0 Å². The highest BCUT2D eigenvalue weighted by Crippen LogP contribution is 2.16. The summed E-state index contributed by atoms with van der Waals surface area (Å²) >= 11 is 0. The molecular formula is C14H21NO4. The van der Waals surface area contributed by atoms with Gasteiger partial charge in [0.15, 0.2) is 0 Å². The van der Waals surface area contributed by atoms with E-state index in [0.717, 1.165) is 32.5 Å². The smallest absolute Gasteiger partial charge is 0.257 e. The molecular weight excluding hydrogens is 246 g/mol. The van der Waals surface area contributed by atoms with Crippen molar-refractivity contribution in [2.45, 2.75) is 25.9 Å². The topological polar surface area (TPSA) is 51.9 Å². The van der Waals surface area contributed by atoms with Crippen molar-refractivity contribution >= 4 is 5.91 Å². The van der Waals surface area contributed by atoms with Crippen LogP contribution in [0.25, 0.3) is 0 Å². The van der Waals surface area contributed by atoms with Crippen LogP contribution < -0.4 is 0 Å². The molecule has 1 amide bonds. The third-order valence-electron chi connectivity index (χ3n) is 3.28. The molecule has 0 unspecified atom stereocenters. The van der Waals surface area contributed by atoms with Crippen LogP contribution in [0.2, 0.25) is 0 Å². The van der Waals surface area contributed by atoms with Gasteiger partial charge in [-0.2, -0.15) is 0 Å². The fourth-order valence-electron chi connectivity index (χ4n) is 2.21. The number of carbonyl (C=O) groups is 1. The second-order valence-electron chi connectivity index (χ2n) is 4.57. The van der Waals surface area contributed by atoms with Crippen molar-refractivity contribution in [1.82, 2.24) is 4.90 Å². The van der Waals surface area contributed by atoms with Crippen LogP contribution >= 0.6 is 0 Å². The summed E-state index contributed by atoms with van der Waals surface area (Å²) in [6.07, 6.45) is 5.03. The maximum atomic E-state index is 12.1. The normalized spacial score (nSPS) is 16.8. The standard InChI is InChI=1S/C14H21NO4/c1-2-17-9-10-19-13-3-6-15(7-4-13)14(16)12-5-8-18-11-12/h5,8,11,13H,2-4,6-7,9-10H2,1H3. The Bertz CT molecular complexity index is 369. The van der Waals surface area contributed by atoms with E-state index in [1.807, 2.05) is 11.8 Å². The molecule has 5 nitrogen and oxygen atoms in total. The SMILES string of the molecule is CCOCCOC1CCN(C(=O)c2ccoc2)CC1. The Morgan fingerprint density at radius 3 is 2.84 bits per heavy atom. The van der Waals surface area contributed by atoms with Crippen molar-refractivity contribution in [3.8, 4) is 0 Å². The summed E-state index contributed by atoms with van der Waals surface area (Å²) in [7, 11) is 0. The number of carbonyl (C=O) groups excluding carboxylic acids is 1. The number of hydrogen-bond donors (Lipinski definition) is 0. The van der Waals surface area contributed by atoms with Gasteiger partial charge in [0.05, 0.1) is 31.1 Å². The highest BCUT2D eigenvalue weighted by Gasteiger charge is 2.24. The Kier molecular flexibility index (Phi) is 5.42. The second kappa shape index (κ2) is 7.31. The van der Waals surface area contributed by atoms with Crippen molar-refractivity contribution in [2.24, 2.45) is 0 Å². The lowest BCUT2D eigenvalue weighted by molar-refractivity contribution is -0.0182. The summed E-state index contributed by atoms with van der Waals surface area (Å²) in [6, 6.07) is 1.70. The number of hydrogen-bond acceptors (Lipinski definition) is 4. The van der Waals surface area contributed by atoms with Crippen LogP contribution in [0.4, 0.5) is 0 Å². The first-order chi connectivity index (χ1) is 9.31. The van der Waals surface area contributed by atoms with Gasteiger partial charge in [0.2, 0.25) is 0 Å². The minimum atomic E-state index is 0.0431. The number of rotatable bonds is 6. The van der Waals surface area contributed by atoms with Crippen LogP contribution in [0.5, 0.6) is 0 Å². The molecule has 0 bridgehead atoms. The third kappa shape index (κ3) is 4.08. The molecule has 0 atom stereocenters. The van der Waals surface area contributed by atoms with Crippen molar-refractivity contribution in [3.63, 3.8) is 0 Å². The van der Waals surface area contributed by atoms with Gasteiger partial charge in [0.1, 0.15) is 6.26 Å². The lowest BCUT2D eigenvalue weighted by atomic mass is 10.1. The number of ether oxygens (including phenoxy) is 2. The van der Waals surface area contributed by atoms with Crippen molar-refractivity contribution in [2.75, 3.05) is 32.9 Å². The highest BCUT2D eigenvalue weighted by atomic mass is 16.5. The summed E-state index contributed by atoms with van der Waals surface area (Å²) < 4.78 is 15.9. The summed E-state index contributed by atoms with van der Waals surface area (Å²) in [5, 5.41) is 0. The first-order valence-corrected chi connectivity index (χ1v) is 6.82. The van der Waals surface area contributed by atoms with Gasteiger partial charge in [-0.05, 0) is 25.8 Å². The van der Waals surface area contributed by atoms with Gasteiger partial charge in [0, 0.05) is 19.7 Å². The van der Waals surface area contributed by atoms with Gasteiger partial charge < -0.3 is 18.8 Å². The van der Waals surface area contributed by atoms with E-state index < -0.39 is 0 Å². The first-order valence-electron chi connectivity index (χ1n) is 6.82. The quantitative estimate of drug-likeness (QED) is 0.739. The minimum absolute atomic E-state index is 0.0431. The van der Waals surface area contributed by atoms with Gasteiger partial charge in [-0.3, -0.25) is 4.79 Å². The van der Waals surface area contributed by atoms with E-state index in [1.165, 1.54) is 12.5 Å². The van der Waals surface area contributed by atoms with Crippen molar-refractivity contribution in [3.05, 3.63) is 24.2 Å². The molecule has 1 saturated heterocycles. The molecule has 1 aliphatic heterocycles. The van der Waals surface area contributed by atoms with Crippen LogP contribution in [0.3, 0.4) is 0 Å². The largest absolute Gasteiger partial charge is 0.472 e. The van der Waals surface area contributed by atoms with Gasteiger partial charge >= 0.3 is 0 Å². The number of amides is 1. The van der Waals surface area contributed by atoms with Crippen molar-refractivity contribution in [1.29, 1.82) is 0 Å². The van der Waals surface area contributed by atoms with Crippen LogP contribution in [-0.2, 0) is 9.47 Å². The summed E-state index contributed by atoms with van der Waals surface area (Å²) in [5.41, 5.74) is 0.621. The molecule has 1 aromatic rings. The highest BCUT2D eigenvalue weighted by molar-refractivity contribution is 5.93. The average Bonchev–Trinajstić information content (AvgIpc) is 2.98. The molecule has 1 fully saturated rings. The van der Waals surface area contributed by atoms with Crippen LogP contribution in [-0.4, -0.2) is 49.8 Å². The Hall–Kier alpha value is -1.33. The molecule has 19 heavy (non-hydrogen) atoms. The monoisotopic (exact) mass is 267 g/mol. The van der Waals surface area contributed by atoms with E-state index in [9.17, 15) is 4.79 Å². The number of nitrogens with zero attached hydrogens (tertiary/aromatic N) is 1. The molecule has 2 heterocycles. The van der Waals surface area contributed by atoms with E-state index in [2.05, 4.69) is 0 Å². The Labute approximate surface area is 113 Å². The third-order valence-corrected chi connectivity index (χ3v) is 3.28. The number of piperidine rings is 1. The second-order valence-corrected chi connectivity index (χ2v) is 4.57. The van der Waals surface area contributed by atoms with E-state index in [0.29, 0.717) is 18.8 Å². The van der Waals surface area contributed by atoms with Gasteiger partial charge in [0.25, 0.3) is 5.91 Å². The Balaban J connectivity index is 1.69. The molecule has 106 valence electrons. The Morgan fingerprint density at radius 1 is 1.42 bits per heavy atom. The summed E-state index contributed by atoms with van der Waals surface area (Å²) in [6.45, 7) is 5.45. The minimum Gasteiger partial charge on any atom is -0.472 e. The summed E-state index contributed by atoms with van der Waals surface area (Å²) in [4.78, 5) is 13.9. The van der Waals surface area contributed by atoms with E-state index >= 15 is 0 Å². The molecule has 1 aliphatic rings. The molecule has 0 saturated carbocycles. The zero-order valence-corrected chi connectivity index (χ0v) is 11.3. The van der Waals surface area contributed by atoms with Gasteiger partial charge in [-0.25, -0.2) is 0 Å². The van der Waals surface area contributed by atoms with E-state index in [-0.39, 0.29) is 12.0 Å². The molecule has 5 heteroatoms. The molecule has 0 N–H and O–H groups in total. The molecule has 2 rings (SSSR count). The van der Waals surface area contributed by atoms with Gasteiger partial charge in [-0.15, -0.1) is 0 Å². The Morgan fingerprint density at radius 2 is 2.21 bits per heavy atom. The summed E-state index contributed by atoms with van der Waals surface area (Å²) in [5.74, 6) is 0.0431. The van der Waals surface area contributed by atoms with E-state index in [1.54, 1.807) is 6.07 Å². The first kappa shape index (κ1) is 14.1. The zero-order chi connectivity index (χ0) is 13.5. The molecule has 0 radical (unpaired) electrons. The zero-order valence-electron chi connectivity index (χ0n) is 11.3. The lowest BCUT2D eigenvalue weighted by Crippen LogP contribution is -2.41. The molecule has 0 aliphatic carbocycles. The van der Waals surface area contributed by atoms with Crippen LogP contribution in [0, 0.1) is 0 Å². The fourth-order valence-corrected chi connectivity index (χ4v) is 2.21. The fraction of sp³-hybridized carbons (Fsp3) is 0.643. The molecule has 0 spiro atoms. The molecule has 1 aromatic heterocycles. The average molecular weight is 267 g/mol. The van der Waals surface area contributed by atoms with Crippen molar-refractivity contribution < 1.29 is 18.7 Å². The van der Waals surface area contributed by atoms with E-state index in [4.69, 9.17) is 13.9 Å². The molecule has 0 aromatic carbocycles. The maximum absolute atomic E-state index is 12.1. The van der Waals surface area contributed by atoms with Crippen LogP contribution in [0.15, 0.2) is 23.0 Å². The number of furan rings is 1. The predicted octanol–water partition coefficient (Wildman–Crippen LogP) is 1.94. The van der Waals surface area contributed by atoms with Crippen LogP contribution in [0.1, 0.15) is 30.1 Å². The number of likely N-dealkylation sites (tertiary alicyclic amines) is 1.